The van der Waals surface area contributed by atoms with Gasteiger partial charge in [0, 0.05) is 44.2 Å². The Morgan fingerprint density at radius 1 is 1.38 bits per heavy atom. The molecule has 24 heavy (non-hydrogen) atoms. The van der Waals surface area contributed by atoms with Crippen LogP contribution in [0, 0.1) is 5.92 Å². The van der Waals surface area contributed by atoms with Crippen molar-refractivity contribution in [1.82, 2.24) is 9.88 Å². The lowest BCUT2D eigenvalue weighted by Gasteiger charge is -2.35. The molecular weight excluding hydrogens is 346 g/mol. The van der Waals surface area contributed by atoms with Crippen LogP contribution in [0.2, 0.25) is 5.02 Å². The molecule has 1 unspecified atom stereocenters. The predicted molar refractivity (Wildman–Crippen MR) is 99.1 cm³/mol. The molecule has 1 atom stereocenters. The van der Waals surface area contributed by atoms with E-state index in [-0.39, 0.29) is 5.97 Å². The Bertz CT molecular complexity index is 713. The zero-order valence-electron chi connectivity index (χ0n) is 14.0. The van der Waals surface area contributed by atoms with Crippen molar-refractivity contribution in [2.75, 3.05) is 44.7 Å². The van der Waals surface area contributed by atoms with Gasteiger partial charge in [-0.3, -0.25) is 9.69 Å². The van der Waals surface area contributed by atoms with Crippen LogP contribution in [-0.2, 0) is 9.53 Å². The Labute approximate surface area is 151 Å². The molecule has 7 heteroatoms. The van der Waals surface area contributed by atoms with Crippen LogP contribution in [0.5, 0.6) is 0 Å². The zero-order chi connectivity index (χ0) is 17.1. The monoisotopic (exact) mass is 367 g/mol. The van der Waals surface area contributed by atoms with Crippen LogP contribution in [-0.4, -0.2) is 55.7 Å². The average Bonchev–Trinajstić information content (AvgIpc) is 2.98. The molecule has 1 saturated heterocycles. The third-order valence-corrected chi connectivity index (χ3v) is 5.61. The number of carbonyl (C=O) groups is 1. The van der Waals surface area contributed by atoms with Crippen LogP contribution in [0.1, 0.15) is 13.3 Å². The van der Waals surface area contributed by atoms with Gasteiger partial charge in [-0.25, -0.2) is 4.98 Å². The van der Waals surface area contributed by atoms with Gasteiger partial charge in [-0.1, -0.05) is 29.9 Å². The lowest BCUT2D eigenvalue weighted by molar-refractivity contribution is -0.141. The molecule has 2 aromatic rings. The molecule has 1 fully saturated rings. The first-order chi connectivity index (χ1) is 11.5. The molecular formula is C17H22ClN3O2S. The first kappa shape index (κ1) is 17.5. The molecule has 1 aromatic heterocycles. The number of halogens is 1. The summed E-state index contributed by atoms with van der Waals surface area (Å²) in [4.78, 5) is 20.8. The van der Waals surface area contributed by atoms with Gasteiger partial charge in [-0.2, -0.15) is 0 Å². The van der Waals surface area contributed by atoms with Crippen LogP contribution in [0.25, 0.3) is 10.2 Å². The average molecular weight is 368 g/mol. The van der Waals surface area contributed by atoms with E-state index in [9.17, 15) is 4.79 Å². The molecule has 2 heterocycles. The van der Waals surface area contributed by atoms with Gasteiger partial charge in [0.1, 0.15) is 0 Å². The van der Waals surface area contributed by atoms with Gasteiger partial charge in [-0.05, 0) is 24.1 Å². The Balaban J connectivity index is 1.55. The number of anilines is 1. The summed E-state index contributed by atoms with van der Waals surface area (Å²) in [5.74, 6) is 0.183. The topological polar surface area (TPSA) is 45.7 Å². The van der Waals surface area contributed by atoms with Gasteiger partial charge in [0.2, 0.25) is 0 Å². The van der Waals surface area contributed by atoms with E-state index in [4.69, 9.17) is 21.3 Å². The van der Waals surface area contributed by atoms with Gasteiger partial charge < -0.3 is 9.64 Å². The highest BCUT2D eigenvalue weighted by Gasteiger charge is 2.22. The second-order valence-corrected chi connectivity index (χ2v) is 7.73. The summed E-state index contributed by atoms with van der Waals surface area (Å²) >= 11 is 7.75. The third-order valence-electron chi connectivity index (χ3n) is 4.29. The van der Waals surface area contributed by atoms with Crippen molar-refractivity contribution in [2.45, 2.75) is 13.3 Å². The van der Waals surface area contributed by atoms with Gasteiger partial charge >= 0.3 is 5.97 Å². The fraction of sp³-hybridized carbons (Fsp3) is 0.529. The molecule has 1 aliphatic heterocycles. The number of fused-ring (bicyclic) bond motifs is 1. The first-order valence-corrected chi connectivity index (χ1v) is 9.35. The number of nitrogens with zero attached hydrogens (tertiary/aromatic N) is 3. The molecule has 0 aliphatic carbocycles. The molecule has 0 bridgehead atoms. The van der Waals surface area contributed by atoms with E-state index < -0.39 is 0 Å². The summed E-state index contributed by atoms with van der Waals surface area (Å²) in [5, 5.41) is 1.82. The minimum absolute atomic E-state index is 0.130. The maximum atomic E-state index is 11.3. The highest BCUT2D eigenvalue weighted by atomic mass is 35.5. The number of rotatable bonds is 5. The Kier molecular flexibility index (Phi) is 5.58. The van der Waals surface area contributed by atoms with Crippen molar-refractivity contribution in [3.63, 3.8) is 0 Å². The molecule has 0 radical (unpaired) electrons. The number of esters is 1. The summed E-state index contributed by atoms with van der Waals surface area (Å²) in [6.45, 7) is 6.92. The van der Waals surface area contributed by atoms with Gasteiger partial charge in [-0.15, -0.1) is 0 Å². The normalized spacial score (nSPS) is 17.2. The van der Waals surface area contributed by atoms with Crippen molar-refractivity contribution in [2.24, 2.45) is 5.92 Å². The molecule has 0 amide bonds. The van der Waals surface area contributed by atoms with Crippen molar-refractivity contribution >= 4 is 44.3 Å². The molecule has 5 nitrogen and oxygen atoms in total. The number of carbonyl (C=O) groups excluding carboxylic acids is 1. The quantitative estimate of drug-likeness (QED) is 0.759. The van der Waals surface area contributed by atoms with E-state index in [2.05, 4.69) is 16.7 Å². The van der Waals surface area contributed by atoms with Crippen LogP contribution in [0.4, 0.5) is 5.13 Å². The lowest BCUT2D eigenvalue weighted by atomic mass is 10.1. The fourth-order valence-electron chi connectivity index (χ4n) is 3.02. The number of piperazine rings is 1. The summed E-state index contributed by atoms with van der Waals surface area (Å²) in [6, 6.07) is 5.83. The standard InChI is InChI=1S/C17H22ClN3O2S/c1-12(9-16(22)23-2)11-20-5-7-21(8-6-20)17-19-14-4-3-13(18)10-15(14)24-17/h3-4,10,12H,5-9,11H2,1-2H3. The van der Waals surface area contributed by atoms with E-state index >= 15 is 0 Å². The van der Waals surface area contributed by atoms with Crippen molar-refractivity contribution < 1.29 is 9.53 Å². The van der Waals surface area contributed by atoms with Crippen molar-refractivity contribution in [3.8, 4) is 0 Å². The zero-order valence-corrected chi connectivity index (χ0v) is 15.6. The Hall–Kier alpha value is -1.37. The second kappa shape index (κ2) is 7.68. The van der Waals surface area contributed by atoms with E-state index in [0.29, 0.717) is 12.3 Å². The Morgan fingerprint density at radius 2 is 2.12 bits per heavy atom. The second-order valence-electron chi connectivity index (χ2n) is 6.28. The molecule has 0 saturated carbocycles. The van der Waals surface area contributed by atoms with Crippen LogP contribution in [0.3, 0.4) is 0 Å². The molecule has 3 rings (SSSR count). The van der Waals surface area contributed by atoms with Gasteiger partial charge in [0.25, 0.3) is 0 Å². The summed E-state index contributed by atoms with van der Waals surface area (Å²) in [5.41, 5.74) is 1.01. The van der Waals surface area contributed by atoms with Crippen LogP contribution >= 0.6 is 22.9 Å². The number of thiazole rings is 1. The van der Waals surface area contributed by atoms with Crippen molar-refractivity contribution in [1.29, 1.82) is 0 Å². The highest BCUT2D eigenvalue weighted by molar-refractivity contribution is 7.22. The van der Waals surface area contributed by atoms with Crippen LogP contribution < -0.4 is 4.90 Å². The molecule has 1 aliphatic rings. The highest BCUT2D eigenvalue weighted by Crippen LogP contribution is 2.31. The summed E-state index contributed by atoms with van der Waals surface area (Å²) in [7, 11) is 1.44. The number of hydrogen-bond acceptors (Lipinski definition) is 6. The fourth-order valence-corrected chi connectivity index (χ4v) is 4.31. The smallest absolute Gasteiger partial charge is 0.305 e. The predicted octanol–water partition coefficient (Wildman–Crippen LogP) is 3.27. The maximum Gasteiger partial charge on any atom is 0.305 e. The third kappa shape index (κ3) is 4.18. The molecule has 1 aromatic carbocycles. The SMILES string of the molecule is COC(=O)CC(C)CN1CCN(c2nc3ccc(Cl)cc3s2)CC1. The molecule has 0 N–H and O–H groups in total. The van der Waals surface area contributed by atoms with E-state index in [1.807, 2.05) is 18.2 Å². The van der Waals surface area contributed by atoms with E-state index in [1.54, 1.807) is 11.3 Å². The molecule has 0 spiro atoms. The van der Waals surface area contributed by atoms with Gasteiger partial charge in [0.15, 0.2) is 5.13 Å². The number of benzene rings is 1. The minimum Gasteiger partial charge on any atom is -0.469 e. The number of aromatic nitrogens is 1. The number of ether oxygens (including phenoxy) is 1. The van der Waals surface area contributed by atoms with Crippen LogP contribution in [0.15, 0.2) is 18.2 Å². The maximum absolute atomic E-state index is 11.3. The minimum atomic E-state index is -0.130. The number of methoxy groups -OCH3 is 1. The first-order valence-electron chi connectivity index (χ1n) is 8.15. The molecule has 130 valence electrons. The summed E-state index contributed by atoms with van der Waals surface area (Å²) in [6.07, 6.45) is 0.481. The number of hydrogen-bond donors (Lipinski definition) is 0. The lowest BCUT2D eigenvalue weighted by Crippen LogP contribution is -2.47. The van der Waals surface area contributed by atoms with Crippen molar-refractivity contribution in [3.05, 3.63) is 23.2 Å². The summed E-state index contributed by atoms with van der Waals surface area (Å²) < 4.78 is 5.87. The largest absolute Gasteiger partial charge is 0.469 e. The van der Waals surface area contributed by atoms with E-state index in [0.717, 1.165) is 53.1 Å². The Morgan fingerprint density at radius 3 is 2.83 bits per heavy atom. The van der Waals surface area contributed by atoms with Gasteiger partial charge in [0.05, 0.1) is 17.3 Å². The van der Waals surface area contributed by atoms with E-state index in [1.165, 1.54) is 7.11 Å².